The summed E-state index contributed by atoms with van der Waals surface area (Å²) in [5.74, 6) is -1.20. The molecular formula is C13H19N3O4S. The van der Waals surface area contributed by atoms with Crippen molar-refractivity contribution in [3.63, 3.8) is 0 Å². The highest BCUT2D eigenvalue weighted by atomic mass is 32.1. The molecule has 1 amide bonds. The fourth-order valence-electron chi connectivity index (χ4n) is 2.11. The van der Waals surface area contributed by atoms with Crippen LogP contribution in [0.15, 0.2) is 0 Å². The van der Waals surface area contributed by atoms with Gasteiger partial charge in [0.15, 0.2) is 0 Å². The molecule has 0 saturated carbocycles. The van der Waals surface area contributed by atoms with Gasteiger partial charge in [-0.3, -0.25) is 4.79 Å². The predicted molar refractivity (Wildman–Crippen MR) is 77.5 cm³/mol. The minimum absolute atomic E-state index is 0.0286. The second-order valence-electron chi connectivity index (χ2n) is 4.86. The number of aromatic carboxylic acids is 1. The van der Waals surface area contributed by atoms with Gasteiger partial charge in [0.1, 0.15) is 16.5 Å². The molecule has 0 aliphatic carbocycles. The third kappa shape index (κ3) is 4.76. The van der Waals surface area contributed by atoms with Crippen LogP contribution in [0.1, 0.15) is 33.2 Å². The van der Waals surface area contributed by atoms with Crippen LogP contribution in [0.5, 0.6) is 0 Å². The zero-order valence-electron chi connectivity index (χ0n) is 11.8. The average Bonchev–Trinajstić information content (AvgIpc) is 2.85. The first kappa shape index (κ1) is 15.9. The molecule has 0 spiro atoms. The van der Waals surface area contributed by atoms with Crippen LogP contribution in [0, 0.1) is 6.92 Å². The highest BCUT2D eigenvalue weighted by Crippen LogP contribution is 2.17. The number of nitrogens with one attached hydrogen (secondary N) is 2. The van der Waals surface area contributed by atoms with Crippen LogP contribution in [0.25, 0.3) is 0 Å². The Morgan fingerprint density at radius 1 is 1.48 bits per heavy atom. The van der Waals surface area contributed by atoms with Gasteiger partial charge >= 0.3 is 5.97 Å². The second kappa shape index (κ2) is 7.48. The summed E-state index contributed by atoms with van der Waals surface area (Å²) in [6.45, 7) is 3.74. The number of nitrogens with zero attached hydrogens (tertiary/aromatic N) is 1. The van der Waals surface area contributed by atoms with Gasteiger partial charge in [0.05, 0.1) is 18.3 Å². The number of hydrogen-bond acceptors (Lipinski definition) is 6. The molecule has 0 aromatic carbocycles. The SMILES string of the molecule is Cc1nc(CNC(=O)COC2CCNCC2)sc1C(=O)O. The maximum absolute atomic E-state index is 11.7. The monoisotopic (exact) mass is 313 g/mol. The van der Waals surface area contributed by atoms with Gasteiger partial charge in [-0.15, -0.1) is 11.3 Å². The van der Waals surface area contributed by atoms with Gasteiger partial charge < -0.3 is 20.5 Å². The van der Waals surface area contributed by atoms with Crippen LogP contribution in [0.4, 0.5) is 0 Å². The van der Waals surface area contributed by atoms with Crippen molar-refractivity contribution in [2.24, 2.45) is 0 Å². The summed E-state index contributed by atoms with van der Waals surface area (Å²) >= 11 is 1.08. The van der Waals surface area contributed by atoms with E-state index in [4.69, 9.17) is 9.84 Å². The number of amides is 1. The molecule has 21 heavy (non-hydrogen) atoms. The third-order valence-electron chi connectivity index (χ3n) is 3.21. The molecule has 0 unspecified atom stereocenters. The molecule has 1 fully saturated rings. The van der Waals surface area contributed by atoms with Gasteiger partial charge in [0.2, 0.25) is 5.91 Å². The van der Waals surface area contributed by atoms with E-state index >= 15 is 0 Å². The number of piperidine rings is 1. The number of hydrogen-bond donors (Lipinski definition) is 3. The number of carbonyl (C=O) groups excluding carboxylic acids is 1. The van der Waals surface area contributed by atoms with Crippen molar-refractivity contribution in [1.82, 2.24) is 15.6 Å². The van der Waals surface area contributed by atoms with E-state index in [1.807, 2.05) is 0 Å². The normalized spacial score (nSPS) is 15.9. The van der Waals surface area contributed by atoms with Crippen LogP contribution in [-0.4, -0.2) is 47.8 Å². The molecule has 116 valence electrons. The molecular weight excluding hydrogens is 294 g/mol. The predicted octanol–water partition coefficient (Wildman–Crippen LogP) is 0.535. The van der Waals surface area contributed by atoms with Gasteiger partial charge in [-0.1, -0.05) is 0 Å². The number of aromatic nitrogens is 1. The summed E-state index contributed by atoms with van der Waals surface area (Å²) in [6.07, 6.45) is 1.97. The van der Waals surface area contributed by atoms with Crippen LogP contribution in [-0.2, 0) is 16.1 Å². The molecule has 2 heterocycles. The molecule has 8 heteroatoms. The number of carboxylic acids is 1. The van der Waals surface area contributed by atoms with Crippen LogP contribution >= 0.6 is 11.3 Å². The van der Waals surface area contributed by atoms with Crippen molar-refractivity contribution in [1.29, 1.82) is 0 Å². The number of aryl methyl sites for hydroxylation is 1. The molecule has 0 radical (unpaired) electrons. The van der Waals surface area contributed by atoms with Crippen LogP contribution < -0.4 is 10.6 Å². The molecule has 1 aliphatic rings. The quantitative estimate of drug-likeness (QED) is 0.708. The van der Waals surface area contributed by atoms with E-state index in [1.54, 1.807) is 6.92 Å². The molecule has 2 rings (SSSR count). The molecule has 0 bridgehead atoms. The fraction of sp³-hybridized carbons (Fsp3) is 0.615. The van der Waals surface area contributed by atoms with Gasteiger partial charge in [0, 0.05) is 0 Å². The van der Waals surface area contributed by atoms with Crippen molar-refractivity contribution in [3.8, 4) is 0 Å². The van der Waals surface area contributed by atoms with E-state index in [9.17, 15) is 9.59 Å². The van der Waals surface area contributed by atoms with E-state index < -0.39 is 5.97 Å². The first-order valence-electron chi connectivity index (χ1n) is 6.85. The Balaban J connectivity index is 1.73. The Labute approximate surface area is 126 Å². The summed E-state index contributed by atoms with van der Waals surface area (Å²) in [7, 11) is 0. The molecule has 1 aliphatic heterocycles. The zero-order valence-corrected chi connectivity index (χ0v) is 12.7. The molecule has 1 saturated heterocycles. The van der Waals surface area contributed by atoms with E-state index in [-0.39, 0.29) is 30.0 Å². The van der Waals surface area contributed by atoms with Crippen molar-refractivity contribution in [3.05, 3.63) is 15.6 Å². The summed E-state index contributed by atoms with van der Waals surface area (Å²) in [5, 5.41) is 15.4. The zero-order chi connectivity index (χ0) is 15.2. The Bertz CT molecular complexity index is 512. The highest BCUT2D eigenvalue weighted by molar-refractivity contribution is 7.13. The van der Waals surface area contributed by atoms with Gasteiger partial charge in [-0.2, -0.15) is 0 Å². The van der Waals surface area contributed by atoms with Crippen molar-refractivity contribution < 1.29 is 19.4 Å². The fourth-order valence-corrected chi connectivity index (χ4v) is 2.95. The maximum atomic E-state index is 11.7. The summed E-state index contributed by atoms with van der Waals surface area (Å²) in [4.78, 5) is 26.9. The smallest absolute Gasteiger partial charge is 0.347 e. The van der Waals surface area contributed by atoms with Crippen molar-refractivity contribution >= 4 is 23.2 Å². The Morgan fingerprint density at radius 2 is 2.19 bits per heavy atom. The second-order valence-corrected chi connectivity index (χ2v) is 5.95. The van der Waals surface area contributed by atoms with E-state index in [0.717, 1.165) is 37.3 Å². The Morgan fingerprint density at radius 3 is 2.81 bits per heavy atom. The van der Waals surface area contributed by atoms with Crippen molar-refractivity contribution in [2.45, 2.75) is 32.4 Å². The lowest BCUT2D eigenvalue weighted by molar-refractivity contribution is -0.128. The molecule has 1 aromatic heterocycles. The van der Waals surface area contributed by atoms with Crippen molar-refractivity contribution in [2.75, 3.05) is 19.7 Å². The standard InChI is InChI=1S/C13H19N3O4S/c1-8-12(13(18)19)21-11(16-8)6-15-10(17)7-20-9-2-4-14-5-3-9/h9,14H,2-7H2,1H3,(H,15,17)(H,18,19). The third-order valence-corrected chi connectivity index (χ3v) is 4.35. The number of carbonyl (C=O) groups is 2. The lowest BCUT2D eigenvalue weighted by atomic mass is 10.1. The first-order valence-corrected chi connectivity index (χ1v) is 7.66. The van der Waals surface area contributed by atoms with E-state index in [2.05, 4.69) is 15.6 Å². The lowest BCUT2D eigenvalue weighted by Gasteiger charge is -2.22. The van der Waals surface area contributed by atoms with Gasteiger partial charge in [-0.25, -0.2) is 9.78 Å². The molecule has 0 atom stereocenters. The molecule has 7 nitrogen and oxygen atoms in total. The van der Waals surface area contributed by atoms with Gasteiger partial charge in [0.25, 0.3) is 0 Å². The number of thiazole rings is 1. The minimum Gasteiger partial charge on any atom is -0.477 e. The topological polar surface area (TPSA) is 101 Å². The summed E-state index contributed by atoms with van der Waals surface area (Å²) < 4.78 is 5.54. The van der Waals surface area contributed by atoms with Gasteiger partial charge in [-0.05, 0) is 32.9 Å². The van der Waals surface area contributed by atoms with Crippen LogP contribution in [0.2, 0.25) is 0 Å². The summed E-state index contributed by atoms with van der Waals surface area (Å²) in [6, 6.07) is 0. The number of rotatable bonds is 6. The number of carboxylic acid groups (broad SMARTS) is 1. The lowest BCUT2D eigenvalue weighted by Crippen LogP contribution is -2.35. The number of ether oxygens (including phenoxy) is 1. The molecule has 1 aromatic rings. The highest BCUT2D eigenvalue weighted by Gasteiger charge is 2.16. The van der Waals surface area contributed by atoms with E-state index in [1.165, 1.54) is 0 Å². The summed E-state index contributed by atoms with van der Waals surface area (Å²) in [5.41, 5.74) is 0.475. The average molecular weight is 313 g/mol. The first-order chi connectivity index (χ1) is 10.1. The Hall–Kier alpha value is -1.51. The van der Waals surface area contributed by atoms with E-state index in [0.29, 0.717) is 10.7 Å². The largest absolute Gasteiger partial charge is 0.477 e. The Kier molecular flexibility index (Phi) is 5.66. The van der Waals surface area contributed by atoms with Crippen LogP contribution in [0.3, 0.4) is 0 Å². The maximum Gasteiger partial charge on any atom is 0.347 e. The molecule has 3 N–H and O–H groups in total. The minimum atomic E-state index is -0.989.